The molecule has 0 atom stereocenters. The van der Waals surface area contributed by atoms with Gasteiger partial charge in [-0.1, -0.05) is 41.9 Å². The topological polar surface area (TPSA) is 106 Å². The molecule has 2 N–H and O–H groups in total. The van der Waals surface area contributed by atoms with Gasteiger partial charge in [-0.25, -0.2) is 19.6 Å². The van der Waals surface area contributed by atoms with Crippen molar-refractivity contribution >= 4 is 46.4 Å². The molecular weight excluding hydrogens is 480 g/mol. The number of anilines is 2. The average molecular weight is 507 g/mol. The maximum absolute atomic E-state index is 9.55. The molecule has 1 aromatic heterocycles. The fourth-order valence-corrected chi connectivity index (χ4v) is 3.81. The summed E-state index contributed by atoms with van der Waals surface area (Å²) in [6, 6.07) is 20.2. The summed E-state index contributed by atoms with van der Waals surface area (Å²) in [7, 11) is 4.19. The van der Waals surface area contributed by atoms with Gasteiger partial charge in [-0.2, -0.15) is 0 Å². The van der Waals surface area contributed by atoms with Gasteiger partial charge in [-0.3, -0.25) is 0 Å². The summed E-state index contributed by atoms with van der Waals surface area (Å²) in [6.45, 7) is 1.86. The first-order chi connectivity index (χ1) is 17.3. The lowest BCUT2D eigenvalue weighted by atomic mass is 10.00. The SMILES string of the molecule is CN(C)CCCN1c2ccc(Cl)cc2C(c2ccccc2)=Nc2cccnc21.O=C(O)C=CC(=O)O. The number of carbonyl (C=O) groups is 2. The smallest absolute Gasteiger partial charge is 0.328 e. The van der Waals surface area contributed by atoms with Gasteiger partial charge in [0.05, 0.1) is 11.4 Å². The van der Waals surface area contributed by atoms with Crippen molar-refractivity contribution in [3.8, 4) is 0 Å². The van der Waals surface area contributed by atoms with E-state index < -0.39 is 11.9 Å². The molecule has 0 unspecified atom stereocenters. The maximum atomic E-state index is 9.55. The number of carboxylic acid groups (broad SMARTS) is 2. The van der Waals surface area contributed by atoms with Crippen LogP contribution in [0.1, 0.15) is 17.5 Å². The predicted octanol–water partition coefficient (Wildman–Crippen LogP) is 5.02. The Kier molecular flexibility index (Phi) is 9.32. The molecule has 0 fully saturated rings. The Hall–Kier alpha value is -4.01. The van der Waals surface area contributed by atoms with Crippen LogP contribution in [0.15, 0.2) is 84.0 Å². The van der Waals surface area contributed by atoms with Crippen LogP contribution in [0.25, 0.3) is 0 Å². The fourth-order valence-electron chi connectivity index (χ4n) is 3.64. The van der Waals surface area contributed by atoms with Gasteiger partial charge in [-0.05, 0) is 57.4 Å². The molecule has 0 radical (unpaired) electrons. The number of nitrogens with zero attached hydrogens (tertiary/aromatic N) is 4. The first-order valence-corrected chi connectivity index (χ1v) is 11.6. The van der Waals surface area contributed by atoms with E-state index in [0.717, 1.165) is 53.5 Å². The van der Waals surface area contributed by atoms with Crippen molar-refractivity contribution in [3.05, 3.63) is 95.2 Å². The Morgan fingerprint density at radius 2 is 1.69 bits per heavy atom. The molecule has 36 heavy (non-hydrogen) atoms. The molecule has 3 aromatic rings. The average Bonchev–Trinajstić information content (AvgIpc) is 2.98. The quantitative estimate of drug-likeness (QED) is 0.433. The number of hydrogen-bond acceptors (Lipinski definition) is 6. The van der Waals surface area contributed by atoms with Crippen LogP contribution in [-0.2, 0) is 9.59 Å². The van der Waals surface area contributed by atoms with Crippen LogP contribution in [0.3, 0.4) is 0 Å². The fraction of sp³-hybridized carbons (Fsp3) is 0.185. The minimum atomic E-state index is -1.26. The summed E-state index contributed by atoms with van der Waals surface area (Å²) in [4.78, 5) is 33.3. The third-order valence-electron chi connectivity index (χ3n) is 5.16. The molecule has 1 aliphatic rings. The van der Waals surface area contributed by atoms with E-state index >= 15 is 0 Å². The van der Waals surface area contributed by atoms with Crippen LogP contribution in [0.5, 0.6) is 0 Å². The first kappa shape index (κ1) is 26.6. The van der Waals surface area contributed by atoms with Gasteiger partial charge in [0.25, 0.3) is 0 Å². The number of pyridine rings is 1. The van der Waals surface area contributed by atoms with E-state index in [2.05, 4.69) is 47.1 Å². The van der Waals surface area contributed by atoms with E-state index in [9.17, 15) is 9.59 Å². The second-order valence-corrected chi connectivity index (χ2v) is 8.59. The highest BCUT2D eigenvalue weighted by Gasteiger charge is 2.24. The van der Waals surface area contributed by atoms with Gasteiger partial charge in [0.15, 0.2) is 5.82 Å². The van der Waals surface area contributed by atoms with Crippen molar-refractivity contribution in [2.24, 2.45) is 4.99 Å². The number of rotatable bonds is 7. The minimum absolute atomic E-state index is 0.558. The molecule has 0 spiro atoms. The molecule has 0 saturated heterocycles. The third kappa shape index (κ3) is 7.24. The molecule has 9 heteroatoms. The molecule has 0 amide bonds. The summed E-state index contributed by atoms with van der Waals surface area (Å²) in [5.41, 5.74) is 4.97. The van der Waals surface area contributed by atoms with Gasteiger partial charge in [0, 0.05) is 41.0 Å². The van der Waals surface area contributed by atoms with E-state index in [4.69, 9.17) is 26.8 Å². The van der Waals surface area contributed by atoms with E-state index in [1.807, 2.05) is 48.7 Å². The van der Waals surface area contributed by atoms with Crippen molar-refractivity contribution in [3.63, 3.8) is 0 Å². The lowest BCUT2D eigenvalue weighted by molar-refractivity contribution is -0.134. The Labute approximate surface area is 214 Å². The zero-order chi connectivity index (χ0) is 26.1. The van der Waals surface area contributed by atoms with Crippen LogP contribution in [0.2, 0.25) is 5.02 Å². The van der Waals surface area contributed by atoms with Crippen molar-refractivity contribution < 1.29 is 19.8 Å². The Morgan fingerprint density at radius 3 is 2.33 bits per heavy atom. The highest BCUT2D eigenvalue weighted by molar-refractivity contribution is 6.31. The Balaban J connectivity index is 0.000000392. The molecule has 0 saturated carbocycles. The van der Waals surface area contributed by atoms with Crippen LogP contribution in [0, 0.1) is 0 Å². The van der Waals surface area contributed by atoms with E-state index in [0.29, 0.717) is 17.2 Å². The maximum Gasteiger partial charge on any atom is 0.328 e. The number of carboxylic acids is 2. The van der Waals surface area contributed by atoms with E-state index in [1.165, 1.54) is 0 Å². The van der Waals surface area contributed by atoms with Gasteiger partial charge >= 0.3 is 11.9 Å². The molecule has 0 bridgehead atoms. The van der Waals surface area contributed by atoms with E-state index in [-0.39, 0.29) is 0 Å². The first-order valence-electron chi connectivity index (χ1n) is 11.2. The molecular formula is C27H27ClN4O4. The van der Waals surface area contributed by atoms with Gasteiger partial charge < -0.3 is 20.0 Å². The third-order valence-corrected chi connectivity index (χ3v) is 5.40. The van der Waals surface area contributed by atoms with Gasteiger partial charge in [0.1, 0.15) is 5.69 Å². The number of halogens is 1. The second kappa shape index (κ2) is 12.6. The molecule has 8 nitrogen and oxygen atoms in total. The lowest BCUT2D eigenvalue weighted by Gasteiger charge is -2.26. The monoisotopic (exact) mass is 506 g/mol. The van der Waals surface area contributed by atoms with Gasteiger partial charge in [0.2, 0.25) is 0 Å². The summed E-state index contributed by atoms with van der Waals surface area (Å²) < 4.78 is 0. The highest BCUT2D eigenvalue weighted by Crippen LogP contribution is 2.40. The molecule has 0 aliphatic carbocycles. The molecule has 2 aromatic carbocycles. The zero-order valence-corrected chi connectivity index (χ0v) is 20.8. The largest absolute Gasteiger partial charge is 0.478 e. The molecule has 186 valence electrons. The van der Waals surface area contributed by atoms with Crippen LogP contribution in [-0.4, -0.2) is 64.9 Å². The van der Waals surface area contributed by atoms with Crippen molar-refractivity contribution in [1.82, 2.24) is 9.88 Å². The number of aliphatic imine (C=N–C) groups is 1. The second-order valence-electron chi connectivity index (χ2n) is 8.15. The van der Waals surface area contributed by atoms with Crippen molar-refractivity contribution in [1.29, 1.82) is 0 Å². The number of aliphatic carboxylic acids is 2. The standard InChI is InChI=1S/C23H23ClN4.C4H4O4/c1-27(2)14-7-15-28-21-12-11-18(24)16-19(21)22(17-8-4-3-5-9-17)26-20-10-6-13-25-23(20)28;5-3(6)1-2-4(7)8/h3-6,8-13,16H,7,14-15H2,1-2H3;1-2H,(H,5,6)(H,7,8). The minimum Gasteiger partial charge on any atom is -0.478 e. The number of hydrogen-bond donors (Lipinski definition) is 2. The Bertz CT molecular complexity index is 1260. The molecule has 1 aliphatic heterocycles. The predicted molar refractivity (Wildman–Crippen MR) is 142 cm³/mol. The van der Waals surface area contributed by atoms with Gasteiger partial charge in [-0.15, -0.1) is 0 Å². The number of benzene rings is 2. The molecule has 2 heterocycles. The summed E-state index contributed by atoms with van der Waals surface area (Å²) >= 11 is 6.39. The highest BCUT2D eigenvalue weighted by atomic mass is 35.5. The van der Waals surface area contributed by atoms with Crippen LogP contribution >= 0.6 is 11.6 Å². The van der Waals surface area contributed by atoms with Crippen LogP contribution < -0.4 is 4.90 Å². The zero-order valence-electron chi connectivity index (χ0n) is 20.0. The van der Waals surface area contributed by atoms with Crippen molar-refractivity contribution in [2.45, 2.75) is 6.42 Å². The number of fused-ring (bicyclic) bond motifs is 2. The van der Waals surface area contributed by atoms with Crippen molar-refractivity contribution in [2.75, 3.05) is 32.1 Å². The summed E-state index contributed by atoms with van der Waals surface area (Å²) in [5, 5.41) is 16.3. The van der Waals surface area contributed by atoms with Crippen LogP contribution in [0.4, 0.5) is 17.2 Å². The molecule has 4 rings (SSSR count). The number of aromatic nitrogens is 1. The lowest BCUT2D eigenvalue weighted by Crippen LogP contribution is -2.24. The normalized spacial score (nSPS) is 12.2. The Morgan fingerprint density at radius 1 is 1.00 bits per heavy atom. The summed E-state index contributed by atoms with van der Waals surface area (Å²) in [6.07, 6.45) is 3.97. The summed E-state index contributed by atoms with van der Waals surface area (Å²) in [5.74, 6) is -1.63. The van der Waals surface area contributed by atoms with E-state index in [1.54, 1.807) is 0 Å².